The summed E-state index contributed by atoms with van der Waals surface area (Å²) in [6.07, 6.45) is -4.39. The van der Waals surface area contributed by atoms with E-state index in [-0.39, 0.29) is 29.7 Å². The van der Waals surface area contributed by atoms with Crippen LogP contribution in [0.3, 0.4) is 0 Å². The molecule has 0 radical (unpaired) electrons. The van der Waals surface area contributed by atoms with Crippen molar-refractivity contribution in [1.82, 2.24) is 4.98 Å². The average molecular weight is 299 g/mol. The largest absolute Gasteiger partial charge is 0.478 e. The second-order valence-electron chi connectivity index (χ2n) is 3.43. The van der Waals surface area contributed by atoms with Gasteiger partial charge in [-0.1, -0.05) is 11.6 Å². The maximum atomic E-state index is 11.8. The third-order valence-corrected chi connectivity index (χ3v) is 2.11. The fourth-order valence-corrected chi connectivity index (χ4v) is 1.32. The fraction of sp³-hybridized carbons (Fsp3) is 0.400. The molecule has 0 unspecified atom stereocenters. The Morgan fingerprint density at radius 2 is 2.16 bits per heavy atom. The van der Waals surface area contributed by atoms with Crippen LogP contribution in [-0.4, -0.2) is 42.0 Å². The van der Waals surface area contributed by atoms with E-state index in [1.807, 2.05) is 0 Å². The molecule has 9 heteroatoms. The Hall–Kier alpha value is -1.54. The third kappa shape index (κ3) is 5.75. The normalized spacial score (nSPS) is 11.4. The predicted octanol–water partition coefficient (Wildman–Crippen LogP) is 2.42. The molecule has 5 nitrogen and oxygen atoms in total. The smallest absolute Gasteiger partial charge is 0.411 e. The lowest BCUT2D eigenvalue weighted by Crippen LogP contribution is -2.20. The SMILES string of the molecule is O=C(O)c1ccc(Cl)nc1NCCOCC(F)(F)F. The summed E-state index contributed by atoms with van der Waals surface area (Å²) >= 11 is 5.60. The molecular formula is C10H10ClF3N2O3. The molecule has 1 aromatic rings. The number of hydrogen-bond donors (Lipinski definition) is 2. The highest BCUT2D eigenvalue weighted by molar-refractivity contribution is 6.29. The summed E-state index contributed by atoms with van der Waals surface area (Å²) in [6, 6.07) is 2.55. The standard InChI is InChI=1S/C10H10ClF3N2O3/c11-7-2-1-6(9(17)18)8(16-7)15-3-4-19-5-10(12,13)14/h1-2H,3-5H2,(H,15,16)(H,17,18). The molecular weight excluding hydrogens is 289 g/mol. The number of carbonyl (C=O) groups is 1. The molecule has 0 spiro atoms. The van der Waals surface area contributed by atoms with E-state index in [0.717, 1.165) is 0 Å². The summed E-state index contributed by atoms with van der Waals surface area (Å²) in [5.41, 5.74) is -0.125. The zero-order valence-corrected chi connectivity index (χ0v) is 10.3. The first kappa shape index (κ1) is 15.5. The number of halogens is 4. The minimum absolute atomic E-state index is 0.0180. The zero-order chi connectivity index (χ0) is 14.5. The summed E-state index contributed by atoms with van der Waals surface area (Å²) < 4.78 is 39.7. The van der Waals surface area contributed by atoms with Crippen molar-refractivity contribution in [2.45, 2.75) is 6.18 Å². The minimum Gasteiger partial charge on any atom is -0.478 e. The van der Waals surface area contributed by atoms with Gasteiger partial charge in [-0.15, -0.1) is 0 Å². The van der Waals surface area contributed by atoms with Crippen LogP contribution in [0.4, 0.5) is 19.0 Å². The number of aromatic nitrogens is 1. The fourth-order valence-electron chi connectivity index (χ4n) is 1.17. The van der Waals surface area contributed by atoms with Gasteiger partial charge in [-0.25, -0.2) is 9.78 Å². The second kappa shape index (κ2) is 6.58. The van der Waals surface area contributed by atoms with Gasteiger partial charge in [0.1, 0.15) is 23.1 Å². The minimum atomic E-state index is -4.39. The van der Waals surface area contributed by atoms with Crippen LogP contribution >= 0.6 is 11.6 Å². The molecule has 0 fully saturated rings. The van der Waals surface area contributed by atoms with Crippen LogP contribution in [0.1, 0.15) is 10.4 Å². The molecule has 0 saturated heterocycles. The molecule has 0 amide bonds. The first-order chi connectivity index (χ1) is 8.79. The topological polar surface area (TPSA) is 71.5 Å². The van der Waals surface area contributed by atoms with E-state index in [0.29, 0.717) is 0 Å². The van der Waals surface area contributed by atoms with Crippen LogP contribution in [0.2, 0.25) is 5.15 Å². The Labute approximate surface area is 111 Å². The van der Waals surface area contributed by atoms with Crippen LogP contribution in [0.5, 0.6) is 0 Å². The Balaban J connectivity index is 2.49. The van der Waals surface area contributed by atoms with E-state index >= 15 is 0 Å². The van der Waals surface area contributed by atoms with Crippen molar-refractivity contribution in [3.8, 4) is 0 Å². The molecule has 106 valence electrons. The van der Waals surface area contributed by atoms with Crippen LogP contribution in [0, 0.1) is 0 Å². The molecule has 0 aliphatic carbocycles. The number of nitrogens with zero attached hydrogens (tertiary/aromatic N) is 1. The molecule has 0 aromatic carbocycles. The first-order valence-corrected chi connectivity index (χ1v) is 5.45. The predicted molar refractivity (Wildman–Crippen MR) is 61.6 cm³/mol. The Morgan fingerprint density at radius 3 is 2.74 bits per heavy atom. The Bertz CT molecular complexity index is 454. The summed E-state index contributed by atoms with van der Waals surface area (Å²) in [5, 5.41) is 11.5. The lowest BCUT2D eigenvalue weighted by molar-refractivity contribution is -0.172. The number of hydrogen-bond acceptors (Lipinski definition) is 4. The number of rotatable bonds is 6. The van der Waals surface area contributed by atoms with E-state index in [2.05, 4.69) is 15.0 Å². The number of nitrogens with one attached hydrogen (secondary N) is 1. The van der Waals surface area contributed by atoms with Crippen molar-refractivity contribution in [1.29, 1.82) is 0 Å². The lowest BCUT2D eigenvalue weighted by Gasteiger charge is -2.10. The van der Waals surface area contributed by atoms with Crippen molar-refractivity contribution >= 4 is 23.4 Å². The van der Waals surface area contributed by atoms with Gasteiger partial charge in [-0.3, -0.25) is 0 Å². The van der Waals surface area contributed by atoms with Gasteiger partial charge in [0.05, 0.1) is 6.61 Å². The highest BCUT2D eigenvalue weighted by Crippen LogP contribution is 2.17. The second-order valence-corrected chi connectivity index (χ2v) is 3.82. The van der Waals surface area contributed by atoms with Crippen LogP contribution < -0.4 is 5.32 Å². The van der Waals surface area contributed by atoms with Crippen molar-refractivity contribution in [3.63, 3.8) is 0 Å². The van der Waals surface area contributed by atoms with E-state index in [1.165, 1.54) is 12.1 Å². The van der Waals surface area contributed by atoms with E-state index in [1.54, 1.807) is 0 Å². The maximum Gasteiger partial charge on any atom is 0.411 e. The van der Waals surface area contributed by atoms with Gasteiger partial charge in [-0.05, 0) is 12.1 Å². The van der Waals surface area contributed by atoms with Gasteiger partial charge in [0.25, 0.3) is 0 Å². The number of anilines is 1. The molecule has 2 N–H and O–H groups in total. The van der Waals surface area contributed by atoms with E-state index in [9.17, 15) is 18.0 Å². The Kier molecular flexibility index (Phi) is 5.37. The monoisotopic (exact) mass is 298 g/mol. The third-order valence-electron chi connectivity index (χ3n) is 1.90. The summed E-state index contributed by atoms with van der Waals surface area (Å²) in [7, 11) is 0. The van der Waals surface area contributed by atoms with E-state index in [4.69, 9.17) is 16.7 Å². The highest BCUT2D eigenvalue weighted by atomic mass is 35.5. The molecule has 1 rings (SSSR count). The van der Waals surface area contributed by atoms with E-state index < -0.39 is 18.8 Å². The number of pyridine rings is 1. The summed E-state index contributed by atoms with van der Waals surface area (Å²) in [4.78, 5) is 14.6. The zero-order valence-electron chi connectivity index (χ0n) is 9.50. The molecule has 0 aliphatic heterocycles. The van der Waals surface area contributed by atoms with Gasteiger partial charge in [0.15, 0.2) is 0 Å². The lowest BCUT2D eigenvalue weighted by atomic mass is 10.2. The van der Waals surface area contributed by atoms with Crippen molar-refractivity contribution in [3.05, 3.63) is 22.8 Å². The van der Waals surface area contributed by atoms with Gasteiger partial charge in [0.2, 0.25) is 0 Å². The molecule has 0 saturated carbocycles. The van der Waals surface area contributed by atoms with Gasteiger partial charge >= 0.3 is 12.1 Å². The van der Waals surface area contributed by atoms with Crippen molar-refractivity contribution in [2.75, 3.05) is 25.1 Å². The number of carboxylic acid groups (broad SMARTS) is 1. The number of aromatic carboxylic acids is 1. The summed E-state index contributed by atoms with van der Waals surface area (Å²) in [6.45, 7) is -1.63. The van der Waals surface area contributed by atoms with Gasteiger partial charge in [0, 0.05) is 6.54 Å². The average Bonchev–Trinajstić information content (AvgIpc) is 2.26. The molecule has 1 aromatic heterocycles. The van der Waals surface area contributed by atoms with Crippen LogP contribution in [0.15, 0.2) is 12.1 Å². The molecule has 1 heterocycles. The van der Waals surface area contributed by atoms with Gasteiger partial charge < -0.3 is 15.2 Å². The maximum absolute atomic E-state index is 11.8. The van der Waals surface area contributed by atoms with Gasteiger partial charge in [-0.2, -0.15) is 13.2 Å². The number of carboxylic acids is 1. The molecule has 0 atom stereocenters. The van der Waals surface area contributed by atoms with Crippen LogP contribution in [-0.2, 0) is 4.74 Å². The van der Waals surface area contributed by atoms with Crippen LogP contribution in [0.25, 0.3) is 0 Å². The number of ether oxygens (including phenoxy) is 1. The van der Waals surface area contributed by atoms with Crippen molar-refractivity contribution < 1.29 is 27.8 Å². The molecule has 0 aliphatic rings. The highest BCUT2D eigenvalue weighted by Gasteiger charge is 2.27. The molecule has 19 heavy (non-hydrogen) atoms. The first-order valence-electron chi connectivity index (χ1n) is 5.08. The van der Waals surface area contributed by atoms with Crippen molar-refractivity contribution in [2.24, 2.45) is 0 Å². The number of alkyl halides is 3. The Morgan fingerprint density at radius 1 is 1.47 bits per heavy atom. The summed E-state index contributed by atoms with van der Waals surface area (Å²) in [5.74, 6) is -1.24. The molecule has 0 bridgehead atoms. The quantitative estimate of drug-likeness (QED) is 0.623.